The van der Waals surface area contributed by atoms with Gasteiger partial charge in [-0.2, -0.15) is 5.10 Å². The van der Waals surface area contributed by atoms with Crippen LogP contribution in [0.3, 0.4) is 0 Å². The van der Waals surface area contributed by atoms with Crippen LogP contribution < -0.4 is 5.32 Å². The van der Waals surface area contributed by atoms with E-state index in [0.29, 0.717) is 11.4 Å². The molecule has 4 aromatic rings. The fourth-order valence-corrected chi connectivity index (χ4v) is 3.56. The molecule has 152 valence electrons. The van der Waals surface area contributed by atoms with E-state index in [0.717, 1.165) is 21.5 Å². The Morgan fingerprint density at radius 2 is 1.53 bits per heavy atom. The summed E-state index contributed by atoms with van der Waals surface area (Å²) >= 11 is 0. The zero-order valence-corrected chi connectivity index (χ0v) is 17.1. The maximum atomic E-state index is 13.1. The summed E-state index contributed by atoms with van der Waals surface area (Å²) in [5.41, 5.74) is 0.468. The highest BCUT2D eigenvalue weighted by atomic mass is 16.5. The molecule has 1 amide bonds. The summed E-state index contributed by atoms with van der Waals surface area (Å²) < 4.78 is 7.28. The minimum atomic E-state index is -0.967. The minimum absolute atomic E-state index is 0.0928. The Morgan fingerprint density at radius 3 is 2.13 bits per heavy atom. The summed E-state index contributed by atoms with van der Waals surface area (Å²) in [6, 6.07) is 19.2. The van der Waals surface area contributed by atoms with E-state index >= 15 is 0 Å². The van der Waals surface area contributed by atoms with Crippen LogP contribution in [0.2, 0.25) is 0 Å². The van der Waals surface area contributed by atoms with E-state index in [1.165, 1.54) is 0 Å². The lowest BCUT2D eigenvalue weighted by molar-refractivity contribution is -0.123. The second-order valence-corrected chi connectivity index (χ2v) is 7.49. The summed E-state index contributed by atoms with van der Waals surface area (Å²) in [6.07, 6.45) is 0.653. The standard InChI is InChI=1S/C24H23N3O3/c1-15(2)27-21(12-13-25-27)26-23(28)16(3)30-24(29)22-19-10-6-4-8-17(19)14-18-9-5-7-11-20(18)22/h4-16H,1-3H3,(H,26,28)/t16-/m1/s1. The van der Waals surface area contributed by atoms with Crippen molar-refractivity contribution in [2.24, 2.45) is 0 Å². The van der Waals surface area contributed by atoms with Gasteiger partial charge in [-0.15, -0.1) is 0 Å². The van der Waals surface area contributed by atoms with Crippen molar-refractivity contribution in [2.75, 3.05) is 5.32 Å². The van der Waals surface area contributed by atoms with Gasteiger partial charge in [0.05, 0.1) is 11.8 Å². The van der Waals surface area contributed by atoms with Crippen LogP contribution in [0.1, 0.15) is 37.2 Å². The number of hydrogen-bond donors (Lipinski definition) is 1. The van der Waals surface area contributed by atoms with Gasteiger partial charge in [0.15, 0.2) is 6.10 Å². The van der Waals surface area contributed by atoms with Crippen LogP contribution in [0, 0.1) is 0 Å². The normalized spacial score (nSPS) is 12.3. The molecule has 4 rings (SSSR count). The van der Waals surface area contributed by atoms with E-state index < -0.39 is 18.0 Å². The predicted octanol–water partition coefficient (Wildman–Crippen LogP) is 4.95. The van der Waals surface area contributed by atoms with Crippen LogP contribution in [-0.2, 0) is 9.53 Å². The Labute approximate surface area is 174 Å². The number of nitrogens with zero attached hydrogens (tertiary/aromatic N) is 2. The maximum Gasteiger partial charge on any atom is 0.340 e. The molecule has 0 saturated heterocycles. The Bertz CT molecular complexity index is 1190. The van der Waals surface area contributed by atoms with Gasteiger partial charge < -0.3 is 10.1 Å². The predicted molar refractivity (Wildman–Crippen MR) is 118 cm³/mol. The number of carbonyl (C=O) groups is 2. The molecule has 1 N–H and O–H groups in total. The Balaban J connectivity index is 1.62. The monoisotopic (exact) mass is 401 g/mol. The summed E-state index contributed by atoms with van der Waals surface area (Å²) in [5, 5.41) is 10.5. The highest BCUT2D eigenvalue weighted by Gasteiger charge is 2.23. The zero-order chi connectivity index (χ0) is 21.3. The fraction of sp³-hybridized carbons (Fsp3) is 0.208. The lowest BCUT2D eigenvalue weighted by atomic mass is 9.97. The highest BCUT2D eigenvalue weighted by molar-refractivity contribution is 6.17. The van der Waals surface area contributed by atoms with Crippen molar-refractivity contribution in [1.29, 1.82) is 0 Å². The average Bonchev–Trinajstić information content (AvgIpc) is 3.20. The van der Waals surface area contributed by atoms with Crippen molar-refractivity contribution in [2.45, 2.75) is 32.9 Å². The van der Waals surface area contributed by atoms with Crippen LogP contribution in [0.15, 0.2) is 66.9 Å². The number of ether oxygens (including phenoxy) is 1. The fourth-order valence-electron chi connectivity index (χ4n) is 3.56. The molecule has 0 unspecified atom stereocenters. The van der Waals surface area contributed by atoms with Crippen LogP contribution in [0.4, 0.5) is 5.82 Å². The molecule has 0 fully saturated rings. The number of fused-ring (bicyclic) bond motifs is 2. The highest BCUT2D eigenvalue weighted by Crippen LogP contribution is 2.29. The number of amides is 1. The molecule has 0 saturated carbocycles. The van der Waals surface area contributed by atoms with Crippen molar-refractivity contribution >= 4 is 39.2 Å². The number of rotatable bonds is 5. The molecular formula is C24H23N3O3. The van der Waals surface area contributed by atoms with Gasteiger partial charge in [0.2, 0.25) is 0 Å². The summed E-state index contributed by atoms with van der Waals surface area (Å²) in [5.74, 6) is -0.369. The zero-order valence-electron chi connectivity index (χ0n) is 17.1. The third-order valence-electron chi connectivity index (χ3n) is 5.04. The van der Waals surface area contributed by atoms with Gasteiger partial charge in [0.1, 0.15) is 5.82 Å². The third-order valence-corrected chi connectivity index (χ3v) is 5.04. The lowest BCUT2D eigenvalue weighted by Gasteiger charge is -2.17. The first-order valence-corrected chi connectivity index (χ1v) is 9.91. The molecule has 0 bridgehead atoms. The molecular weight excluding hydrogens is 378 g/mol. The Kier molecular flexibility index (Phi) is 5.23. The summed E-state index contributed by atoms with van der Waals surface area (Å²) in [7, 11) is 0. The second kappa shape index (κ2) is 7.99. The molecule has 30 heavy (non-hydrogen) atoms. The number of aromatic nitrogens is 2. The SMILES string of the molecule is CC(C)n1nccc1NC(=O)[C@@H](C)OC(=O)c1c2ccccc2cc2ccccc12. The van der Waals surface area contributed by atoms with Crippen molar-refractivity contribution < 1.29 is 14.3 Å². The van der Waals surface area contributed by atoms with Gasteiger partial charge in [-0.1, -0.05) is 48.5 Å². The molecule has 0 spiro atoms. The van der Waals surface area contributed by atoms with Crippen molar-refractivity contribution in [3.05, 3.63) is 72.4 Å². The molecule has 0 radical (unpaired) electrons. The van der Waals surface area contributed by atoms with Gasteiger partial charge in [0, 0.05) is 12.1 Å². The molecule has 1 atom stereocenters. The molecule has 0 aliphatic rings. The average molecular weight is 401 g/mol. The van der Waals surface area contributed by atoms with E-state index in [1.807, 2.05) is 68.4 Å². The van der Waals surface area contributed by atoms with E-state index in [9.17, 15) is 9.59 Å². The van der Waals surface area contributed by atoms with Gasteiger partial charge in [-0.3, -0.25) is 4.79 Å². The third kappa shape index (κ3) is 3.64. The number of hydrogen-bond acceptors (Lipinski definition) is 4. The van der Waals surface area contributed by atoms with E-state index in [1.54, 1.807) is 23.9 Å². The first-order valence-electron chi connectivity index (χ1n) is 9.91. The molecule has 1 aromatic heterocycles. The first-order chi connectivity index (χ1) is 14.5. The maximum absolute atomic E-state index is 13.1. The van der Waals surface area contributed by atoms with Crippen LogP contribution >= 0.6 is 0 Å². The van der Waals surface area contributed by atoms with E-state index in [2.05, 4.69) is 10.4 Å². The van der Waals surface area contributed by atoms with Gasteiger partial charge >= 0.3 is 5.97 Å². The van der Waals surface area contributed by atoms with Crippen molar-refractivity contribution in [1.82, 2.24) is 9.78 Å². The van der Waals surface area contributed by atoms with E-state index in [-0.39, 0.29) is 6.04 Å². The van der Waals surface area contributed by atoms with Crippen LogP contribution in [0.5, 0.6) is 0 Å². The molecule has 0 aliphatic carbocycles. The number of esters is 1. The van der Waals surface area contributed by atoms with Crippen molar-refractivity contribution in [3.63, 3.8) is 0 Å². The van der Waals surface area contributed by atoms with E-state index in [4.69, 9.17) is 4.74 Å². The number of benzene rings is 3. The van der Waals surface area contributed by atoms with Gasteiger partial charge in [0.25, 0.3) is 5.91 Å². The smallest absolute Gasteiger partial charge is 0.340 e. The molecule has 1 heterocycles. The second-order valence-electron chi connectivity index (χ2n) is 7.49. The topological polar surface area (TPSA) is 73.2 Å². The molecule has 3 aromatic carbocycles. The number of carbonyl (C=O) groups excluding carboxylic acids is 2. The molecule has 6 heteroatoms. The van der Waals surface area contributed by atoms with Crippen LogP contribution in [-0.4, -0.2) is 27.8 Å². The first kappa shape index (κ1) is 19.6. The van der Waals surface area contributed by atoms with Crippen molar-refractivity contribution in [3.8, 4) is 0 Å². The van der Waals surface area contributed by atoms with Crippen LogP contribution in [0.25, 0.3) is 21.5 Å². The Morgan fingerprint density at radius 1 is 0.933 bits per heavy atom. The molecule has 0 aliphatic heterocycles. The summed E-state index contributed by atoms with van der Waals surface area (Å²) in [6.45, 7) is 5.51. The van der Waals surface area contributed by atoms with Gasteiger partial charge in [-0.05, 0) is 48.4 Å². The largest absolute Gasteiger partial charge is 0.449 e. The molecule has 6 nitrogen and oxygen atoms in total. The van der Waals surface area contributed by atoms with Gasteiger partial charge in [-0.25, -0.2) is 9.48 Å². The number of anilines is 1. The number of nitrogens with one attached hydrogen (secondary N) is 1. The minimum Gasteiger partial charge on any atom is -0.449 e. The summed E-state index contributed by atoms with van der Waals surface area (Å²) in [4.78, 5) is 25.8. The quantitative estimate of drug-likeness (QED) is 0.379. The lowest BCUT2D eigenvalue weighted by Crippen LogP contribution is -2.31. The Hall–Kier alpha value is -3.67.